The van der Waals surface area contributed by atoms with E-state index in [2.05, 4.69) is 39.3 Å². The van der Waals surface area contributed by atoms with Gasteiger partial charge in [0, 0.05) is 10.6 Å². The molecule has 0 fully saturated rings. The first kappa shape index (κ1) is 15.0. The molecule has 0 aliphatic heterocycles. The van der Waals surface area contributed by atoms with Crippen LogP contribution in [0.2, 0.25) is 5.02 Å². The van der Waals surface area contributed by atoms with Crippen LogP contribution < -0.4 is 0 Å². The van der Waals surface area contributed by atoms with Gasteiger partial charge in [-0.25, -0.2) is 9.67 Å². The van der Waals surface area contributed by atoms with Gasteiger partial charge in [-0.3, -0.25) is 4.40 Å². The van der Waals surface area contributed by atoms with Crippen molar-refractivity contribution in [2.24, 2.45) is 0 Å². The van der Waals surface area contributed by atoms with Crippen molar-refractivity contribution in [1.29, 1.82) is 0 Å². The van der Waals surface area contributed by atoms with E-state index in [9.17, 15) is 0 Å². The van der Waals surface area contributed by atoms with E-state index >= 15 is 0 Å². The van der Waals surface area contributed by atoms with Crippen LogP contribution in [0, 0.1) is 6.92 Å². The molecule has 5 aromatic rings. The van der Waals surface area contributed by atoms with Gasteiger partial charge in [-0.15, -0.1) is 10.2 Å². The van der Waals surface area contributed by atoms with Crippen LogP contribution in [0.3, 0.4) is 0 Å². The van der Waals surface area contributed by atoms with Crippen LogP contribution in [0.15, 0.2) is 61.1 Å². The van der Waals surface area contributed by atoms with Crippen molar-refractivity contribution >= 4 is 28.3 Å². The van der Waals surface area contributed by atoms with E-state index in [1.165, 1.54) is 5.56 Å². The first-order chi connectivity index (χ1) is 12.7. The van der Waals surface area contributed by atoms with Crippen molar-refractivity contribution in [2.75, 3.05) is 0 Å². The fraction of sp³-hybridized carbons (Fsp3) is 0.0526. The first-order valence-electron chi connectivity index (χ1n) is 8.11. The highest BCUT2D eigenvalue weighted by Gasteiger charge is 2.15. The summed E-state index contributed by atoms with van der Waals surface area (Å²) in [6.07, 6.45) is 3.49. The predicted octanol–water partition coefficient (Wildman–Crippen LogP) is 4.09. The van der Waals surface area contributed by atoms with Crippen molar-refractivity contribution in [1.82, 2.24) is 29.4 Å². The van der Waals surface area contributed by atoms with E-state index < -0.39 is 0 Å². The lowest BCUT2D eigenvalue weighted by atomic mass is 10.1. The average molecular weight is 361 g/mol. The van der Waals surface area contributed by atoms with Gasteiger partial charge in [-0.1, -0.05) is 47.5 Å². The lowest BCUT2D eigenvalue weighted by Crippen LogP contribution is -1.99. The highest BCUT2D eigenvalue weighted by atomic mass is 35.5. The molecule has 0 aliphatic carbocycles. The van der Waals surface area contributed by atoms with Crippen molar-refractivity contribution in [3.05, 3.63) is 71.6 Å². The molecule has 0 radical (unpaired) electrons. The summed E-state index contributed by atoms with van der Waals surface area (Å²) in [6.45, 7) is 2.06. The second-order valence-electron chi connectivity index (χ2n) is 6.10. The van der Waals surface area contributed by atoms with Crippen LogP contribution in [0.25, 0.3) is 33.8 Å². The smallest absolute Gasteiger partial charge is 0.175 e. The van der Waals surface area contributed by atoms with E-state index in [1.54, 1.807) is 17.2 Å². The largest absolute Gasteiger partial charge is 0.265 e. The Hall–Kier alpha value is -3.25. The maximum absolute atomic E-state index is 6.10. The Bertz CT molecular complexity index is 1250. The molecule has 0 aliphatic rings. The van der Waals surface area contributed by atoms with E-state index in [1.807, 2.05) is 40.8 Å². The zero-order valence-electron chi connectivity index (χ0n) is 13.8. The molecule has 0 unspecified atom stereocenters. The Morgan fingerprint density at radius 1 is 0.962 bits per heavy atom. The number of benzene rings is 2. The standard InChI is InChI=1S/C19H13ClN6/c1-12-5-7-13(8-6-12)17-23-24-19-16-10-22-26(18(16)21-11-25(17)19)15-4-2-3-14(20)9-15/h2-11H,1H3. The SMILES string of the molecule is Cc1ccc(-c2nnc3c4cnn(-c5cccc(Cl)c5)c4ncn23)cc1. The number of fused-ring (bicyclic) bond motifs is 3. The number of hydrogen-bond acceptors (Lipinski definition) is 4. The fourth-order valence-electron chi connectivity index (χ4n) is 3.02. The van der Waals surface area contributed by atoms with E-state index in [0.717, 1.165) is 28.1 Å². The quantitative estimate of drug-likeness (QED) is 0.475. The summed E-state index contributed by atoms with van der Waals surface area (Å²) in [5.41, 5.74) is 4.47. The van der Waals surface area contributed by atoms with Crippen LogP contribution in [0.1, 0.15) is 5.56 Å². The Morgan fingerprint density at radius 3 is 2.62 bits per heavy atom. The Balaban J connectivity index is 1.71. The molecule has 3 aromatic heterocycles. The number of aryl methyl sites for hydroxylation is 1. The third-order valence-electron chi connectivity index (χ3n) is 4.34. The summed E-state index contributed by atoms with van der Waals surface area (Å²) in [5, 5.41) is 14.7. The summed E-state index contributed by atoms with van der Waals surface area (Å²) < 4.78 is 3.64. The van der Waals surface area contributed by atoms with Gasteiger partial charge in [0.1, 0.15) is 6.33 Å². The lowest BCUT2D eigenvalue weighted by molar-refractivity contribution is 0.893. The van der Waals surface area contributed by atoms with Crippen molar-refractivity contribution in [3.8, 4) is 17.1 Å². The van der Waals surface area contributed by atoms with E-state index in [-0.39, 0.29) is 0 Å². The monoisotopic (exact) mass is 360 g/mol. The molecular weight excluding hydrogens is 348 g/mol. The number of hydrogen-bond donors (Lipinski definition) is 0. The van der Waals surface area contributed by atoms with Crippen molar-refractivity contribution in [3.63, 3.8) is 0 Å². The summed E-state index contributed by atoms with van der Waals surface area (Å²) in [6, 6.07) is 15.7. The van der Waals surface area contributed by atoms with Crippen molar-refractivity contribution < 1.29 is 0 Å². The highest BCUT2D eigenvalue weighted by molar-refractivity contribution is 6.30. The summed E-state index contributed by atoms with van der Waals surface area (Å²) in [5.74, 6) is 0.755. The minimum Gasteiger partial charge on any atom is -0.265 e. The average Bonchev–Trinajstić information content (AvgIpc) is 3.26. The molecule has 3 heterocycles. The minimum atomic E-state index is 0.649. The third kappa shape index (κ3) is 2.27. The second-order valence-corrected chi connectivity index (χ2v) is 6.54. The lowest BCUT2D eigenvalue weighted by Gasteiger charge is -2.04. The van der Waals surface area contributed by atoms with Gasteiger partial charge in [-0.2, -0.15) is 5.10 Å². The molecule has 2 aromatic carbocycles. The molecule has 5 rings (SSSR count). The van der Waals surface area contributed by atoms with Gasteiger partial charge in [0.15, 0.2) is 17.1 Å². The fourth-order valence-corrected chi connectivity index (χ4v) is 3.20. The van der Waals surface area contributed by atoms with Crippen LogP contribution in [0.5, 0.6) is 0 Å². The second kappa shape index (κ2) is 5.64. The zero-order valence-corrected chi connectivity index (χ0v) is 14.6. The van der Waals surface area contributed by atoms with Crippen LogP contribution in [-0.2, 0) is 0 Å². The van der Waals surface area contributed by atoms with Gasteiger partial charge < -0.3 is 0 Å². The van der Waals surface area contributed by atoms with Gasteiger partial charge in [0.2, 0.25) is 0 Å². The Kier molecular flexibility index (Phi) is 3.26. The van der Waals surface area contributed by atoms with Crippen LogP contribution in [-0.4, -0.2) is 29.4 Å². The van der Waals surface area contributed by atoms with Crippen LogP contribution >= 0.6 is 11.6 Å². The third-order valence-corrected chi connectivity index (χ3v) is 4.57. The molecule has 0 saturated heterocycles. The van der Waals surface area contributed by atoms with Gasteiger partial charge >= 0.3 is 0 Å². The molecule has 0 N–H and O–H groups in total. The molecular formula is C19H13ClN6. The predicted molar refractivity (Wildman–Crippen MR) is 101 cm³/mol. The topological polar surface area (TPSA) is 60.9 Å². The normalized spacial score (nSPS) is 11.5. The molecule has 6 nitrogen and oxygen atoms in total. The molecule has 26 heavy (non-hydrogen) atoms. The Labute approximate surface area is 153 Å². The Morgan fingerprint density at radius 2 is 1.81 bits per heavy atom. The number of halogens is 1. The van der Waals surface area contributed by atoms with Crippen molar-refractivity contribution in [2.45, 2.75) is 6.92 Å². The minimum absolute atomic E-state index is 0.649. The molecule has 126 valence electrons. The van der Waals surface area contributed by atoms with E-state index in [0.29, 0.717) is 10.7 Å². The summed E-state index contributed by atoms with van der Waals surface area (Å²) >= 11 is 6.10. The molecule has 0 saturated carbocycles. The van der Waals surface area contributed by atoms with E-state index in [4.69, 9.17) is 11.6 Å². The molecule has 7 heteroatoms. The van der Waals surface area contributed by atoms with Crippen LogP contribution in [0.4, 0.5) is 0 Å². The molecule has 0 bridgehead atoms. The number of aromatic nitrogens is 6. The summed E-state index contributed by atoms with van der Waals surface area (Å²) in [7, 11) is 0. The molecule has 0 spiro atoms. The molecule has 0 atom stereocenters. The summed E-state index contributed by atoms with van der Waals surface area (Å²) in [4.78, 5) is 4.59. The van der Waals surface area contributed by atoms with Gasteiger partial charge in [0.25, 0.3) is 0 Å². The van der Waals surface area contributed by atoms with Gasteiger partial charge in [-0.05, 0) is 25.1 Å². The highest BCUT2D eigenvalue weighted by Crippen LogP contribution is 2.25. The number of rotatable bonds is 2. The molecule has 0 amide bonds. The maximum atomic E-state index is 6.10. The van der Waals surface area contributed by atoms with Gasteiger partial charge in [0.05, 0.1) is 17.3 Å². The number of nitrogens with zero attached hydrogens (tertiary/aromatic N) is 6. The zero-order chi connectivity index (χ0) is 17.7. The first-order valence-corrected chi connectivity index (χ1v) is 8.49. The maximum Gasteiger partial charge on any atom is 0.175 e.